The minimum atomic E-state index is 0.433. The number of hydrogen-bond acceptors (Lipinski definition) is 4. The van der Waals surface area contributed by atoms with E-state index in [4.69, 9.17) is 4.74 Å². The molecule has 2 rings (SSSR count). The summed E-state index contributed by atoms with van der Waals surface area (Å²) in [4.78, 5) is 6.76. The standard InChI is InChI=1S/C12H21BrN4O/c1-2-17-12(14-10-15-17)9-16-6-3-11(4-7-16)18-8-5-13/h10-11H,2-9H2,1H3. The molecule has 0 saturated carbocycles. The fraction of sp³-hybridized carbons (Fsp3) is 0.833. The summed E-state index contributed by atoms with van der Waals surface area (Å²) in [6, 6.07) is 0. The number of ether oxygens (including phenoxy) is 1. The van der Waals surface area contributed by atoms with E-state index < -0.39 is 0 Å². The Labute approximate surface area is 117 Å². The monoisotopic (exact) mass is 316 g/mol. The normalized spacial score (nSPS) is 18.3. The van der Waals surface area contributed by atoms with Gasteiger partial charge in [-0.25, -0.2) is 9.67 Å². The smallest absolute Gasteiger partial charge is 0.140 e. The van der Waals surface area contributed by atoms with Crippen LogP contribution in [0.2, 0.25) is 0 Å². The molecule has 0 aliphatic carbocycles. The van der Waals surface area contributed by atoms with Gasteiger partial charge >= 0.3 is 0 Å². The summed E-state index contributed by atoms with van der Waals surface area (Å²) in [5.74, 6) is 1.07. The lowest BCUT2D eigenvalue weighted by Gasteiger charge is -2.31. The van der Waals surface area contributed by atoms with Crippen molar-refractivity contribution in [3.63, 3.8) is 0 Å². The van der Waals surface area contributed by atoms with Crippen LogP contribution in [0.25, 0.3) is 0 Å². The van der Waals surface area contributed by atoms with Crippen molar-refractivity contribution < 1.29 is 4.74 Å². The van der Waals surface area contributed by atoms with Gasteiger partial charge in [-0.1, -0.05) is 15.9 Å². The molecule has 1 aliphatic heterocycles. The van der Waals surface area contributed by atoms with Crippen LogP contribution in [0.4, 0.5) is 0 Å². The molecule has 0 aromatic carbocycles. The van der Waals surface area contributed by atoms with E-state index in [-0.39, 0.29) is 0 Å². The molecule has 1 aliphatic rings. The maximum absolute atomic E-state index is 5.75. The van der Waals surface area contributed by atoms with E-state index >= 15 is 0 Å². The van der Waals surface area contributed by atoms with Gasteiger partial charge in [0.2, 0.25) is 0 Å². The Morgan fingerprint density at radius 3 is 2.89 bits per heavy atom. The molecule has 2 heterocycles. The average molecular weight is 317 g/mol. The van der Waals surface area contributed by atoms with Crippen LogP contribution in [0, 0.1) is 0 Å². The second kappa shape index (κ2) is 7.21. The third-order valence-corrected chi connectivity index (χ3v) is 3.65. The summed E-state index contributed by atoms with van der Waals surface area (Å²) in [5.41, 5.74) is 0. The van der Waals surface area contributed by atoms with Crippen molar-refractivity contribution in [3.05, 3.63) is 12.2 Å². The van der Waals surface area contributed by atoms with Crippen LogP contribution in [-0.2, 0) is 17.8 Å². The van der Waals surface area contributed by atoms with Gasteiger partial charge in [0.15, 0.2) is 0 Å². The Balaban J connectivity index is 1.76. The average Bonchev–Trinajstić information content (AvgIpc) is 2.85. The maximum Gasteiger partial charge on any atom is 0.140 e. The van der Waals surface area contributed by atoms with Gasteiger partial charge in [-0.3, -0.25) is 4.90 Å². The van der Waals surface area contributed by atoms with E-state index in [1.807, 2.05) is 4.68 Å². The van der Waals surface area contributed by atoms with E-state index in [1.54, 1.807) is 6.33 Å². The molecule has 0 unspecified atom stereocenters. The van der Waals surface area contributed by atoms with Crippen LogP contribution in [0.1, 0.15) is 25.6 Å². The Hall–Kier alpha value is -0.460. The summed E-state index contributed by atoms with van der Waals surface area (Å²) in [7, 11) is 0. The molecule has 1 saturated heterocycles. The van der Waals surface area contributed by atoms with Crippen molar-refractivity contribution >= 4 is 15.9 Å². The van der Waals surface area contributed by atoms with Crippen molar-refractivity contribution in [3.8, 4) is 0 Å². The number of alkyl halides is 1. The van der Waals surface area contributed by atoms with Gasteiger partial charge in [0.1, 0.15) is 12.2 Å². The Bertz CT molecular complexity index is 350. The van der Waals surface area contributed by atoms with Crippen LogP contribution >= 0.6 is 15.9 Å². The van der Waals surface area contributed by atoms with Crippen LogP contribution < -0.4 is 0 Å². The third-order valence-electron chi connectivity index (χ3n) is 3.33. The molecule has 5 nitrogen and oxygen atoms in total. The summed E-state index contributed by atoms with van der Waals surface area (Å²) < 4.78 is 7.72. The molecule has 1 fully saturated rings. The minimum absolute atomic E-state index is 0.433. The first-order valence-corrected chi connectivity index (χ1v) is 7.72. The quantitative estimate of drug-likeness (QED) is 0.749. The summed E-state index contributed by atoms with van der Waals surface area (Å²) in [6.07, 6.45) is 4.31. The van der Waals surface area contributed by atoms with E-state index in [0.717, 1.165) is 56.8 Å². The van der Waals surface area contributed by atoms with Crippen LogP contribution in [0.5, 0.6) is 0 Å². The molecule has 18 heavy (non-hydrogen) atoms. The van der Waals surface area contributed by atoms with E-state index in [2.05, 4.69) is 37.8 Å². The summed E-state index contributed by atoms with van der Waals surface area (Å²) >= 11 is 3.39. The van der Waals surface area contributed by atoms with Gasteiger partial charge in [-0.15, -0.1) is 0 Å². The fourth-order valence-electron chi connectivity index (χ4n) is 2.32. The zero-order chi connectivity index (χ0) is 12.8. The molecule has 0 radical (unpaired) electrons. The number of likely N-dealkylation sites (tertiary alicyclic amines) is 1. The highest BCUT2D eigenvalue weighted by Gasteiger charge is 2.20. The Morgan fingerprint density at radius 1 is 1.44 bits per heavy atom. The van der Waals surface area contributed by atoms with E-state index in [0.29, 0.717) is 6.10 Å². The fourth-order valence-corrected chi connectivity index (χ4v) is 2.51. The number of hydrogen-bond donors (Lipinski definition) is 0. The van der Waals surface area contributed by atoms with Crippen molar-refractivity contribution in [1.29, 1.82) is 0 Å². The summed E-state index contributed by atoms with van der Waals surface area (Å²) in [5, 5.41) is 5.13. The third kappa shape index (κ3) is 3.76. The Morgan fingerprint density at radius 2 is 2.22 bits per heavy atom. The number of piperidine rings is 1. The molecule has 0 atom stereocenters. The molecular formula is C12H21BrN4O. The van der Waals surface area contributed by atoms with Crippen molar-refractivity contribution in [2.45, 2.75) is 39.0 Å². The molecule has 6 heteroatoms. The van der Waals surface area contributed by atoms with Crippen LogP contribution in [0.15, 0.2) is 6.33 Å². The first kappa shape index (κ1) is 14.0. The molecular weight excluding hydrogens is 296 g/mol. The molecule has 0 bridgehead atoms. The molecule has 102 valence electrons. The lowest BCUT2D eigenvalue weighted by Crippen LogP contribution is -2.37. The van der Waals surface area contributed by atoms with Crippen molar-refractivity contribution in [2.75, 3.05) is 25.0 Å². The van der Waals surface area contributed by atoms with Crippen molar-refractivity contribution in [1.82, 2.24) is 19.7 Å². The van der Waals surface area contributed by atoms with Crippen LogP contribution in [-0.4, -0.2) is 50.8 Å². The van der Waals surface area contributed by atoms with Gasteiger partial charge in [-0.2, -0.15) is 5.10 Å². The summed E-state index contributed by atoms with van der Waals surface area (Å²) in [6.45, 7) is 6.87. The molecule has 0 N–H and O–H groups in total. The molecule has 0 spiro atoms. The first-order valence-electron chi connectivity index (χ1n) is 6.60. The number of aromatic nitrogens is 3. The van der Waals surface area contributed by atoms with Gasteiger partial charge in [0, 0.05) is 25.0 Å². The highest BCUT2D eigenvalue weighted by Crippen LogP contribution is 2.15. The zero-order valence-electron chi connectivity index (χ0n) is 10.9. The lowest BCUT2D eigenvalue weighted by molar-refractivity contribution is 0.0133. The highest BCUT2D eigenvalue weighted by molar-refractivity contribution is 9.09. The first-order chi connectivity index (χ1) is 8.83. The second-order valence-electron chi connectivity index (χ2n) is 4.53. The van der Waals surface area contributed by atoms with Crippen molar-refractivity contribution in [2.24, 2.45) is 0 Å². The topological polar surface area (TPSA) is 43.2 Å². The maximum atomic E-state index is 5.75. The number of rotatable bonds is 6. The minimum Gasteiger partial charge on any atom is -0.377 e. The van der Waals surface area contributed by atoms with E-state index in [1.165, 1.54) is 0 Å². The zero-order valence-corrected chi connectivity index (χ0v) is 12.5. The largest absolute Gasteiger partial charge is 0.377 e. The SMILES string of the molecule is CCn1ncnc1CN1CCC(OCCBr)CC1. The molecule has 1 aromatic heterocycles. The second-order valence-corrected chi connectivity index (χ2v) is 5.32. The predicted octanol–water partition coefficient (Wildman–Crippen LogP) is 1.67. The number of nitrogens with zero attached hydrogens (tertiary/aromatic N) is 4. The van der Waals surface area contributed by atoms with Gasteiger partial charge < -0.3 is 4.74 Å². The number of halogens is 1. The molecule has 0 amide bonds. The predicted molar refractivity (Wildman–Crippen MR) is 73.7 cm³/mol. The Kier molecular flexibility index (Phi) is 5.59. The van der Waals surface area contributed by atoms with Gasteiger partial charge in [-0.05, 0) is 19.8 Å². The lowest BCUT2D eigenvalue weighted by atomic mass is 10.1. The van der Waals surface area contributed by atoms with Gasteiger partial charge in [0.05, 0.1) is 19.3 Å². The van der Waals surface area contributed by atoms with Crippen LogP contribution in [0.3, 0.4) is 0 Å². The molecule has 1 aromatic rings. The highest BCUT2D eigenvalue weighted by atomic mass is 79.9. The van der Waals surface area contributed by atoms with Gasteiger partial charge in [0.25, 0.3) is 0 Å². The van der Waals surface area contributed by atoms with E-state index in [9.17, 15) is 0 Å². The number of aryl methyl sites for hydroxylation is 1.